The fourth-order valence-corrected chi connectivity index (χ4v) is 5.17. The summed E-state index contributed by atoms with van der Waals surface area (Å²) in [5.41, 5.74) is 8.94. The number of rotatable bonds is 3. The van der Waals surface area contributed by atoms with Crippen LogP contribution in [0, 0.1) is 18.3 Å². The molecular weight excluding hydrogens is 408 g/mol. The molecule has 6 nitrogen and oxygen atoms in total. The van der Waals surface area contributed by atoms with Gasteiger partial charge in [-0.15, -0.1) is 0 Å². The number of likely N-dealkylation sites (N-methyl/N-ethyl adjacent to an activating group) is 1. The molecule has 6 heteroatoms. The molecule has 4 aromatic rings. The highest BCUT2D eigenvalue weighted by Crippen LogP contribution is 2.36. The molecule has 4 heterocycles. The summed E-state index contributed by atoms with van der Waals surface area (Å²) in [6.07, 6.45) is 5.34. The van der Waals surface area contributed by atoms with E-state index in [0.29, 0.717) is 11.6 Å². The Balaban J connectivity index is 1.45. The Kier molecular flexibility index (Phi) is 4.60. The second-order valence-corrected chi connectivity index (χ2v) is 9.02. The fraction of sp³-hybridized carbons (Fsp3) is 0.259. The maximum absolute atomic E-state index is 9.12. The molecule has 0 amide bonds. The maximum Gasteiger partial charge on any atom is 0.161 e. The highest BCUT2D eigenvalue weighted by Gasteiger charge is 2.25. The van der Waals surface area contributed by atoms with Crippen molar-refractivity contribution in [1.82, 2.24) is 19.4 Å². The molecule has 0 unspecified atom stereocenters. The Morgan fingerprint density at radius 1 is 1.09 bits per heavy atom. The van der Waals surface area contributed by atoms with Crippen LogP contribution in [0.15, 0.2) is 60.9 Å². The molecule has 1 fully saturated rings. The summed E-state index contributed by atoms with van der Waals surface area (Å²) >= 11 is 0. The van der Waals surface area contributed by atoms with Gasteiger partial charge in [0.25, 0.3) is 0 Å². The average Bonchev–Trinajstić information content (AvgIpc) is 3.56. The molecule has 2 aromatic carbocycles. The Bertz CT molecular complexity index is 1390. The van der Waals surface area contributed by atoms with Crippen LogP contribution in [0.5, 0.6) is 0 Å². The predicted octanol–water partition coefficient (Wildman–Crippen LogP) is 4.35. The lowest BCUT2D eigenvalue weighted by molar-refractivity contribution is 0.617. The van der Waals surface area contributed by atoms with Crippen LogP contribution in [0.4, 0.5) is 5.69 Å². The van der Waals surface area contributed by atoms with Crippen LogP contribution >= 0.6 is 0 Å². The number of hydrogen-bond donors (Lipinski definition) is 1. The molecule has 1 N–H and O–H groups in total. The van der Waals surface area contributed by atoms with Crippen LogP contribution in [-0.2, 0) is 6.54 Å². The number of aryl methyl sites for hydroxylation is 1. The third-order valence-corrected chi connectivity index (χ3v) is 7.02. The molecule has 0 radical (unpaired) electrons. The van der Waals surface area contributed by atoms with Gasteiger partial charge in [0.15, 0.2) is 5.82 Å². The molecule has 164 valence electrons. The minimum atomic E-state index is 0.553. The van der Waals surface area contributed by atoms with Gasteiger partial charge in [0.1, 0.15) is 0 Å². The van der Waals surface area contributed by atoms with Crippen molar-refractivity contribution < 1.29 is 0 Å². The lowest BCUT2D eigenvalue weighted by Crippen LogP contribution is -2.29. The number of hydrogen-bond acceptors (Lipinski definition) is 4. The predicted molar refractivity (Wildman–Crippen MR) is 131 cm³/mol. The van der Waals surface area contributed by atoms with Gasteiger partial charge in [-0.1, -0.05) is 12.1 Å². The smallest absolute Gasteiger partial charge is 0.161 e. The first kappa shape index (κ1) is 19.8. The SMILES string of the molecule is CN[C@@H]1CCN(c2ccc3c(c2)Cn2cc(-c4ccc(C#N)cc4)cc2-c2ncc(C)n2-3)C1. The quantitative estimate of drug-likeness (QED) is 0.459. The van der Waals surface area contributed by atoms with Crippen molar-refractivity contribution in [3.63, 3.8) is 0 Å². The van der Waals surface area contributed by atoms with Crippen molar-refractivity contribution >= 4 is 5.69 Å². The molecule has 0 spiro atoms. The summed E-state index contributed by atoms with van der Waals surface area (Å²) in [7, 11) is 2.05. The number of imidazole rings is 1. The van der Waals surface area contributed by atoms with E-state index in [2.05, 4.69) is 62.8 Å². The van der Waals surface area contributed by atoms with E-state index in [-0.39, 0.29) is 0 Å². The standard InChI is InChI=1S/C27H26N6/c1-18-14-30-27-26-12-21(20-5-3-19(13-28)4-6-20)15-32(26)16-22-11-24(7-8-25(22)33(18)27)31-10-9-23(17-31)29-2/h3-8,11-12,14-15,23,29H,9-10,16-17H2,1-2H3/t23-/m1/s1. The van der Waals surface area contributed by atoms with Crippen LogP contribution in [0.1, 0.15) is 23.2 Å². The summed E-state index contributed by atoms with van der Waals surface area (Å²) < 4.78 is 4.59. The fourth-order valence-electron chi connectivity index (χ4n) is 5.17. The second kappa shape index (κ2) is 7.65. The summed E-state index contributed by atoms with van der Waals surface area (Å²) in [6.45, 7) is 5.03. The largest absolute Gasteiger partial charge is 0.370 e. The third kappa shape index (κ3) is 3.24. The van der Waals surface area contributed by atoms with Crippen molar-refractivity contribution in [2.75, 3.05) is 25.0 Å². The van der Waals surface area contributed by atoms with E-state index < -0.39 is 0 Å². The Hall–Kier alpha value is -3.82. The molecule has 0 aliphatic carbocycles. The van der Waals surface area contributed by atoms with Gasteiger partial charge < -0.3 is 14.8 Å². The van der Waals surface area contributed by atoms with E-state index in [1.807, 2.05) is 37.5 Å². The summed E-state index contributed by atoms with van der Waals surface area (Å²) in [5, 5.41) is 12.5. The Labute approximate surface area is 193 Å². The zero-order valence-electron chi connectivity index (χ0n) is 18.9. The first-order valence-corrected chi connectivity index (χ1v) is 11.5. The van der Waals surface area contributed by atoms with E-state index in [0.717, 1.165) is 48.0 Å². The lowest BCUT2D eigenvalue weighted by Gasteiger charge is -2.21. The molecule has 0 bridgehead atoms. The van der Waals surface area contributed by atoms with Gasteiger partial charge in [0, 0.05) is 55.0 Å². The first-order chi connectivity index (χ1) is 16.1. The van der Waals surface area contributed by atoms with Crippen molar-refractivity contribution in [3.8, 4) is 34.4 Å². The van der Waals surface area contributed by atoms with Crippen molar-refractivity contribution in [3.05, 3.63) is 77.7 Å². The number of nitrogens with one attached hydrogen (secondary N) is 1. The minimum absolute atomic E-state index is 0.553. The van der Waals surface area contributed by atoms with Crippen molar-refractivity contribution in [2.45, 2.75) is 25.9 Å². The van der Waals surface area contributed by atoms with Crippen LogP contribution in [0.2, 0.25) is 0 Å². The number of aromatic nitrogens is 3. The van der Waals surface area contributed by atoms with E-state index in [1.165, 1.54) is 23.4 Å². The molecule has 1 atom stereocenters. The first-order valence-electron chi connectivity index (χ1n) is 11.5. The molecule has 0 saturated carbocycles. The van der Waals surface area contributed by atoms with Crippen LogP contribution in [0.25, 0.3) is 28.3 Å². The van der Waals surface area contributed by atoms with E-state index in [4.69, 9.17) is 10.2 Å². The van der Waals surface area contributed by atoms with Crippen LogP contribution < -0.4 is 10.2 Å². The maximum atomic E-state index is 9.12. The van der Waals surface area contributed by atoms with Gasteiger partial charge in [0.05, 0.1) is 23.0 Å². The van der Waals surface area contributed by atoms with Gasteiger partial charge in [-0.05, 0) is 67.9 Å². The Morgan fingerprint density at radius 2 is 1.94 bits per heavy atom. The van der Waals surface area contributed by atoms with Crippen LogP contribution in [0.3, 0.4) is 0 Å². The minimum Gasteiger partial charge on any atom is -0.370 e. The van der Waals surface area contributed by atoms with Gasteiger partial charge >= 0.3 is 0 Å². The van der Waals surface area contributed by atoms with E-state index in [9.17, 15) is 0 Å². The molecular formula is C27H26N6. The molecule has 6 rings (SSSR count). The van der Waals surface area contributed by atoms with Gasteiger partial charge in [-0.3, -0.25) is 4.57 Å². The number of anilines is 1. The van der Waals surface area contributed by atoms with Crippen molar-refractivity contribution in [1.29, 1.82) is 5.26 Å². The number of nitrogens with zero attached hydrogens (tertiary/aromatic N) is 5. The number of fused-ring (bicyclic) bond motifs is 5. The number of benzene rings is 2. The zero-order chi connectivity index (χ0) is 22.5. The Morgan fingerprint density at radius 3 is 2.70 bits per heavy atom. The molecule has 2 aliphatic heterocycles. The van der Waals surface area contributed by atoms with Gasteiger partial charge in [-0.25, -0.2) is 4.98 Å². The summed E-state index contributed by atoms with van der Waals surface area (Å²) in [5.74, 6) is 0.968. The van der Waals surface area contributed by atoms with Gasteiger partial charge in [-0.2, -0.15) is 5.26 Å². The van der Waals surface area contributed by atoms with E-state index in [1.54, 1.807) is 0 Å². The molecule has 2 aliphatic rings. The lowest BCUT2D eigenvalue weighted by atomic mass is 10.1. The summed E-state index contributed by atoms with van der Waals surface area (Å²) in [4.78, 5) is 7.27. The third-order valence-electron chi connectivity index (χ3n) is 7.02. The highest BCUT2D eigenvalue weighted by molar-refractivity contribution is 5.73. The van der Waals surface area contributed by atoms with E-state index >= 15 is 0 Å². The molecule has 2 aromatic heterocycles. The second-order valence-electron chi connectivity index (χ2n) is 9.02. The van der Waals surface area contributed by atoms with Gasteiger partial charge in [0.2, 0.25) is 0 Å². The average molecular weight is 435 g/mol. The molecule has 1 saturated heterocycles. The van der Waals surface area contributed by atoms with Crippen LogP contribution in [-0.4, -0.2) is 40.3 Å². The zero-order valence-corrected chi connectivity index (χ0v) is 18.9. The number of nitriles is 1. The molecule has 33 heavy (non-hydrogen) atoms. The topological polar surface area (TPSA) is 61.8 Å². The normalized spacial score (nSPS) is 16.6. The highest BCUT2D eigenvalue weighted by atomic mass is 15.2. The monoisotopic (exact) mass is 434 g/mol. The summed E-state index contributed by atoms with van der Waals surface area (Å²) in [6, 6.07) is 19.6. The van der Waals surface area contributed by atoms with Crippen molar-refractivity contribution in [2.24, 2.45) is 0 Å².